The van der Waals surface area contributed by atoms with Crippen molar-refractivity contribution in [2.24, 2.45) is 0 Å². The Kier molecular flexibility index (Phi) is 3.96. The topological polar surface area (TPSA) is 88.4 Å². The summed E-state index contributed by atoms with van der Waals surface area (Å²) in [5.74, 6) is -0.352. The van der Waals surface area contributed by atoms with E-state index < -0.39 is 4.92 Å². The van der Waals surface area contributed by atoms with E-state index in [1.54, 1.807) is 11.9 Å². The minimum absolute atomic E-state index is 0.0200. The van der Waals surface area contributed by atoms with Gasteiger partial charge in [-0.3, -0.25) is 14.9 Å². The fraction of sp³-hybridized carbons (Fsp3) is 0.455. The maximum atomic E-state index is 12.3. The first-order valence-electron chi connectivity index (χ1n) is 5.78. The number of pyridine rings is 1. The molecule has 0 spiro atoms. The predicted molar refractivity (Wildman–Crippen MR) is 69.3 cm³/mol. The average Bonchev–Trinajstić information content (AvgIpc) is 2.91. The predicted octanol–water partition coefficient (Wildman–Crippen LogP) is 1.08. The van der Waals surface area contributed by atoms with Gasteiger partial charge in [-0.1, -0.05) is 11.6 Å². The third-order valence-corrected chi connectivity index (χ3v) is 3.47. The van der Waals surface area contributed by atoms with E-state index in [4.69, 9.17) is 11.6 Å². The zero-order valence-electron chi connectivity index (χ0n) is 10.3. The molecule has 1 fully saturated rings. The summed E-state index contributed by atoms with van der Waals surface area (Å²) in [7, 11) is 1.66. The Morgan fingerprint density at radius 3 is 3.00 bits per heavy atom. The lowest BCUT2D eigenvalue weighted by molar-refractivity contribution is -0.385. The molecule has 1 saturated heterocycles. The van der Waals surface area contributed by atoms with Crippen molar-refractivity contribution in [3.05, 3.63) is 33.1 Å². The molecule has 1 aliphatic heterocycles. The third-order valence-electron chi connectivity index (χ3n) is 3.17. The fourth-order valence-electron chi connectivity index (χ4n) is 2.01. The van der Waals surface area contributed by atoms with Crippen LogP contribution in [0.4, 0.5) is 5.69 Å². The molecule has 1 aromatic heterocycles. The van der Waals surface area contributed by atoms with Crippen molar-refractivity contribution in [1.29, 1.82) is 0 Å². The SMILES string of the molecule is CN(C(=O)c1cc([N+](=O)[O-])cnc1Cl)C1CCNC1. The molecule has 1 aromatic rings. The first-order valence-corrected chi connectivity index (χ1v) is 6.16. The largest absolute Gasteiger partial charge is 0.337 e. The molecule has 0 saturated carbocycles. The molecule has 19 heavy (non-hydrogen) atoms. The van der Waals surface area contributed by atoms with Gasteiger partial charge in [-0.15, -0.1) is 0 Å². The van der Waals surface area contributed by atoms with Gasteiger partial charge in [-0.25, -0.2) is 4.98 Å². The number of rotatable bonds is 3. The van der Waals surface area contributed by atoms with Gasteiger partial charge >= 0.3 is 0 Å². The van der Waals surface area contributed by atoms with E-state index in [1.165, 1.54) is 0 Å². The van der Waals surface area contributed by atoms with Crippen LogP contribution in [0.3, 0.4) is 0 Å². The smallest absolute Gasteiger partial charge is 0.288 e. The monoisotopic (exact) mass is 284 g/mol. The summed E-state index contributed by atoms with van der Waals surface area (Å²) in [6, 6.07) is 1.24. The van der Waals surface area contributed by atoms with Crippen molar-refractivity contribution in [2.45, 2.75) is 12.5 Å². The highest BCUT2D eigenvalue weighted by Gasteiger charge is 2.26. The van der Waals surface area contributed by atoms with Crippen LogP contribution in [0.15, 0.2) is 12.3 Å². The maximum Gasteiger partial charge on any atom is 0.288 e. The number of carbonyl (C=O) groups is 1. The Bertz CT molecular complexity index is 517. The van der Waals surface area contributed by atoms with E-state index in [9.17, 15) is 14.9 Å². The molecule has 0 radical (unpaired) electrons. The van der Waals surface area contributed by atoms with E-state index >= 15 is 0 Å². The number of nitro groups is 1. The molecule has 0 aromatic carbocycles. The molecule has 0 bridgehead atoms. The van der Waals surface area contributed by atoms with Crippen molar-refractivity contribution in [2.75, 3.05) is 20.1 Å². The van der Waals surface area contributed by atoms with E-state index in [1.807, 2.05) is 0 Å². The fourth-order valence-corrected chi connectivity index (χ4v) is 2.20. The summed E-state index contributed by atoms with van der Waals surface area (Å²) in [6.07, 6.45) is 1.89. The van der Waals surface area contributed by atoms with Crippen LogP contribution < -0.4 is 5.32 Å². The molecule has 1 N–H and O–H groups in total. The summed E-state index contributed by atoms with van der Waals surface area (Å²) < 4.78 is 0. The Balaban J connectivity index is 2.26. The second kappa shape index (κ2) is 5.50. The van der Waals surface area contributed by atoms with Gasteiger partial charge in [0.1, 0.15) is 11.3 Å². The van der Waals surface area contributed by atoms with Gasteiger partial charge in [0.15, 0.2) is 0 Å². The molecular weight excluding hydrogens is 272 g/mol. The first-order chi connectivity index (χ1) is 9.00. The first kappa shape index (κ1) is 13.7. The summed E-state index contributed by atoms with van der Waals surface area (Å²) in [4.78, 5) is 27.6. The number of hydrogen-bond acceptors (Lipinski definition) is 5. The van der Waals surface area contributed by atoms with Crippen LogP contribution >= 0.6 is 11.6 Å². The van der Waals surface area contributed by atoms with Crippen LogP contribution in [0.5, 0.6) is 0 Å². The third kappa shape index (κ3) is 2.82. The Labute approximate surface area is 114 Å². The zero-order valence-corrected chi connectivity index (χ0v) is 11.1. The lowest BCUT2D eigenvalue weighted by Gasteiger charge is -2.23. The molecule has 8 heteroatoms. The van der Waals surface area contributed by atoms with Gasteiger partial charge in [0.2, 0.25) is 0 Å². The van der Waals surface area contributed by atoms with Crippen molar-refractivity contribution in [3.8, 4) is 0 Å². The minimum Gasteiger partial charge on any atom is -0.337 e. The van der Waals surface area contributed by atoms with E-state index in [-0.39, 0.29) is 28.4 Å². The molecule has 2 rings (SSSR count). The molecular formula is C11H13ClN4O3. The van der Waals surface area contributed by atoms with Gasteiger partial charge in [0, 0.05) is 25.7 Å². The normalized spacial score (nSPS) is 18.3. The number of nitrogens with zero attached hydrogens (tertiary/aromatic N) is 3. The van der Waals surface area contributed by atoms with Crippen molar-refractivity contribution < 1.29 is 9.72 Å². The van der Waals surface area contributed by atoms with Crippen molar-refractivity contribution >= 4 is 23.2 Å². The highest BCUT2D eigenvalue weighted by atomic mass is 35.5. The van der Waals surface area contributed by atoms with Crippen LogP contribution in [0.25, 0.3) is 0 Å². The lowest BCUT2D eigenvalue weighted by Crippen LogP contribution is -2.38. The van der Waals surface area contributed by atoms with Crippen LogP contribution in [0, 0.1) is 10.1 Å². The summed E-state index contributed by atoms with van der Waals surface area (Å²) in [6.45, 7) is 1.56. The summed E-state index contributed by atoms with van der Waals surface area (Å²) in [5, 5.41) is 13.8. The van der Waals surface area contributed by atoms with Gasteiger partial charge in [-0.2, -0.15) is 0 Å². The highest BCUT2D eigenvalue weighted by Crippen LogP contribution is 2.21. The van der Waals surface area contributed by atoms with Crippen molar-refractivity contribution in [3.63, 3.8) is 0 Å². The number of likely N-dealkylation sites (N-methyl/N-ethyl adjacent to an activating group) is 1. The van der Waals surface area contributed by atoms with Gasteiger partial charge in [-0.05, 0) is 13.0 Å². The number of aromatic nitrogens is 1. The molecule has 1 aliphatic rings. The second-order valence-electron chi connectivity index (χ2n) is 4.35. The number of hydrogen-bond donors (Lipinski definition) is 1. The quantitative estimate of drug-likeness (QED) is 0.510. The molecule has 102 valence electrons. The summed E-state index contributed by atoms with van der Waals surface area (Å²) >= 11 is 5.85. The maximum absolute atomic E-state index is 12.3. The van der Waals surface area contributed by atoms with Crippen molar-refractivity contribution in [1.82, 2.24) is 15.2 Å². The van der Waals surface area contributed by atoms with E-state index in [0.717, 1.165) is 25.2 Å². The van der Waals surface area contributed by atoms with Crippen LogP contribution in [0.1, 0.15) is 16.8 Å². The lowest BCUT2D eigenvalue weighted by atomic mass is 10.2. The minimum atomic E-state index is -0.600. The Hall–Kier alpha value is -1.73. The van der Waals surface area contributed by atoms with Crippen LogP contribution in [-0.2, 0) is 0 Å². The number of halogens is 1. The molecule has 1 amide bonds. The Morgan fingerprint density at radius 1 is 1.68 bits per heavy atom. The second-order valence-corrected chi connectivity index (χ2v) is 4.71. The van der Waals surface area contributed by atoms with E-state index in [0.29, 0.717) is 6.54 Å². The number of amides is 1. The van der Waals surface area contributed by atoms with Gasteiger partial charge < -0.3 is 10.2 Å². The molecule has 2 heterocycles. The van der Waals surface area contributed by atoms with Gasteiger partial charge in [0.05, 0.1) is 10.5 Å². The average molecular weight is 285 g/mol. The van der Waals surface area contributed by atoms with Gasteiger partial charge in [0.25, 0.3) is 11.6 Å². The molecule has 1 atom stereocenters. The molecule has 7 nitrogen and oxygen atoms in total. The zero-order chi connectivity index (χ0) is 14.0. The standard InChI is InChI=1S/C11H13ClN4O3/c1-15(7-2-3-13-5-7)11(17)9-4-8(16(18)19)6-14-10(9)12/h4,6-7,13H,2-3,5H2,1H3. The summed E-state index contributed by atoms with van der Waals surface area (Å²) in [5.41, 5.74) is -0.184. The molecule has 1 unspecified atom stereocenters. The van der Waals surface area contributed by atoms with Crippen LogP contribution in [0.2, 0.25) is 5.15 Å². The molecule has 0 aliphatic carbocycles. The van der Waals surface area contributed by atoms with Crippen LogP contribution in [-0.4, -0.2) is 46.9 Å². The number of carbonyl (C=O) groups excluding carboxylic acids is 1. The Morgan fingerprint density at radius 2 is 2.42 bits per heavy atom. The van der Waals surface area contributed by atoms with E-state index in [2.05, 4.69) is 10.3 Å². The number of nitrogens with one attached hydrogen (secondary N) is 1. The highest BCUT2D eigenvalue weighted by molar-refractivity contribution is 6.32.